The van der Waals surface area contributed by atoms with E-state index in [1.807, 2.05) is 18.2 Å². The normalized spacial score (nSPS) is 9.67. The fourth-order valence-electron chi connectivity index (χ4n) is 0.939. The number of rotatable bonds is 1. The molecule has 0 aliphatic heterocycles. The van der Waals surface area contributed by atoms with Gasteiger partial charge in [0.1, 0.15) is 0 Å². The molecule has 1 heterocycles. The van der Waals surface area contributed by atoms with E-state index in [9.17, 15) is 0 Å². The monoisotopic (exact) mass is 151 g/mol. The Balaban J connectivity index is 2.46. The van der Waals surface area contributed by atoms with Gasteiger partial charge in [0, 0.05) is 23.9 Å². The van der Waals surface area contributed by atoms with Crippen molar-refractivity contribution in [1.29, 1.82) is 0 Å². The van der Waals surface area contributed by atoms with E-state index in [1.165, 1.54) is 0 Å². The number of pyridine rings is 1. The van der Waals surface area contributed by atoms with Gasteiger partial charge in [-0.15, -0.1) is 0 Å². The standard InChI is InChI=1S/C11H5N/c1-2-6-10(7-3-1)11-8-4-5-9-12-11/h4-6,8-9H. The molecule has 0 aliphatic carbocycles. The molecule has 0 saturated heterocycles. The smallest absolute Gasteiger partial charge is 0.0708 e. The van der Waals surface area contributed by atoms with Crippen LogP contribution in [0.2, 0.25) is 0 Å². The van der Waals surface area contributed by atoms with Gasteiger partial charge in [0.25, 0.3) is 0 Å². The second kappa shape index (κ2) is 3.18. The molecule has 1 aromatic carbocycles. The molecule has 0 N–H and O–H groups in total. The Kier molecular flexibility index (Phi) is 1.87. The van der Waals surface area contributed by atoms with E-state index in [0.29, 0.717) is 0 Å². The molecule has 0 spiro atoms. The number of hydrogen-bond donors (Lipinski definition) is 0. The minimum absolute atomic E-state index is 0.888. The van der Waals surface area contributed by atoms with Crippen LogP contribution in [-0.4, -0.2) is 4.98 Å². The van der Waals surface area contributed by atoms with Gasteiger partial charge in [-0.2, -0.15) is 0 Å². The highest BCUT2D eigenvalue weighted by Gasteiger charge is 1.94. The summed E-state index contributed by atoms with van der Waals surface area (Å²) in [6, 6.07) is 18.6. The lowest BCUT2D eigenvalue weighted by Crippen LogP contribution is -1.80. The van der Waals surface area contributed by atoms with E-state index in [4.69, 9.17) is 0 Å². The molecule has 0 bridgehead atoms. The summed E-state index contributed by atoms with van der Waals surface area (Å²) in [5, 5.41) is 0. The van der Waals surface area contributed by atoms with Crippen molar-refractivity contribution in [3.8, 4) is 11.3 Å². The number of benzene rings is 1. The van der Waals surface area contributed by atoms with Crippen LogP contribution in [0, 0.1) is 24.3 Å². The summed E-state index contributed by atoms with van der Waals surface area (Å²) in [6.07, 6.45) is 1.75. The summed E-state index contributed by atoms with van der Waals surface area (Å²) >= 11 is 0. The van der Waals surface area contributed by atoms with Crippen LogP contribution in [0.25, 0.3) is 11.3 Å². The maximum atomic E-state index is 4.16. The fraction of sp³-hybridized carbons (Fsp3) is 0. The molecule has 2 rings (SSSR count). The Bertz CT molecular complexity index is 302. The maximum absolute atomic E-state index is 4.16. The van der Waals surface area contributed by atoms with Gasteiger partial charge in [0.05, 0.1) is 5.69 Å². The van der Waals surface area contributed by atoms with E-state index in [1.54, 1.807) is 12.3 Å². The van der Waals surface area contributed by atoms with E-state index >= 15 is 0 Å². The predicted octanol–water partition coefficient (Wildman–Crippen LogP) is 1.95. The quantitative estimate of drug-likeness (QED) is 0.607. The van der Waals surface area contributed by atoms with Crippen LogP contribution >= 0.6 is 0 Å². The molecule has 54 valence electrons. The van der Waals surface area contributed by atoms with Crippen LogP contribution in [0.5, 0.6) is 0 Å². The first-order valence-corrected chi connectivity index (χ1v) is 3.60. The molecule has 0 unspecified atom stereocenters. The third-order valence-corrected chi connectivity index (χ3v) is 1.49. The van der Waals surface area contributed by atoms with Crippen molar-refractivity contribution in [2.24, 2.45) is 0 Å². The van der Waals surface area contributed by atoms with Crippen molar-refractivity contribution < 1.29 is 0 Å². The van der Waals surface area contributed by atoms with E-state index in [-0.39, 0.29) is 0 Å². The zero-order valence-electron chi connectivity index (χ0n) is 6.33. The van der Waals surface area contributed by atoms with Crippen LogP contribution in [0.15, 0.2) is 30.5 Å². The van der Waals surface area contributed by atoms with Crippen molar-refractivity contribution in [2.75, 3.05) is 0 Å². The summed E-state index contributed by atoms with van der Waals surface area (Å²) in [4.78, 5) is 4.16. The molecular weight excluding hydrogens is 146 g/mol. The number of aromatic nitrogens is 1. The first-order valence-electron chi connectivity index (χ1n) is 3.60. The summed E-state index contributed by atoms with van der Waals surface area (Å²) in [6.45, 7) is 0. The van der Waals surface area contributed by atoms with Gasteiger partial charge in [-0.25, -0.2) is 0 Å². The first-order chi connectivity index (χ1) is 5.97. The van der Waals surface area contributed by atoms with E-state index in [2.05, 4.69) is 29.2 Å². The molecule has 1 heteroatoms. The average molecular weight is 151 g/mol. The Labute approximate surface area is 71.7 Å². The van der Waals surface area contributed by atoms with Crippen molar-refractivity contribution in [2.45, 2.75) is 0 Å². The van der Waals surface area contributed by atoms with Crippen molar-refractivity contribution >= 4 is 0 Å². The van der Waals surface area contributed by atoms with Crippen LogP contribution in [0.4, 0.5) is 0 Å². The van der Waals surface area contributed by atoms with Crippen LogP contribution in [-0.2, 0) is 0 Å². The van der Waals surface area contributed by atoms with Gasteiger partial charge in [-0.3, -0.25) is 4.98 Å². The summed E-state index contributed by atoms with van der Waals surface area (Å²) < 4.78 is 0. The Hall–Kier alpha value is -1.63. The Morgan fingerprint density at radius 2 is 2.17 bits per heavy atom. The van der Waals surface area contributed by atoms with E-state index in [0.717, 1.165) is 11.3 Å². The van der Waals surface area contributed by atoms with Gasteiger partial charge in [0.15, 0.2) is 0 Å². The zero-order valence-corrected chi connectivity index (χ0v) is 6.33. The fourth-order valence-corrected chi connectivity index (χ4v) is 0.939. The second-order valence-electron chi connectivity index (χ2n) is 2.29. The van der Waals surface area contributed by atoms with E-state index < -0.39 is 0 Å². The third-order valence-electron chi connectivity index (χ3n) is 1.49. The molecule has 0 amide bonds. The molecule has 1 aromatic heterocycles. The third kappa shape index (κ3) is 1.35. The van der Waals surface area contributed by atoms with Crippen LogP contribution in [0.3, 0.4) is 0 Å². The first kappa shape index (κ1) is 7.04. The lowest BCUT2D eigenvalue weighted by molar-refractivity contribution is 1.32. The second-order valence-corrected chi connectivity index (χ2v) is 2.29. The summed E-state index contributed by atoms with van der Waals surface area (Å²) in [5.74, 6) is 0. The average Bonchev–Trinajstić information content (AvgIpc) is 2.21. The molecule has 1 nitrogen and oxygen atoms in total. The van der Waals surface area contributed by atoms with Gasteiger partial charge >= 0.3 is 0 Å². The molecule has 0 saturated carbocycles. The summed E-state index contributed by atoms with van der Waals surface area (Å²) in [5.41, 5.74) is 1.79. The van der Waals surface area contributed by atoms with Gasteiger partial charge in [-0.1, -0.05) is 6.07 Å². The SMILES string of the molecule is [c]1[c][c]c(-c2ccccn2)c[c]1. The molecule has 0 fully saturated rings. The highest BCUT2D eigenvalue weighted by molar-refractivity contribution is 5.56. The van der Waals surface area contributed by atoms with Gasteiger partial charge in [0.2, 0.25) is 0 Å². The van der Waals surface area contributed by atoms with Gasteiger partial charge in [-0.05, 0) is 30.3 Å². The lowest BCUT2D eigenvalue weighted by Gasteiger charge is -1.96. The lowest BCUT2D eigenvalue weighted by atomic mass is 10.1. The minimum Gasteiger partial charge on any atom is -0.256 e. The molecule has 12 heavy (non-hydrogen) atoms. The Morgan fingerprint density at radius 3 is 2.83 bits per heavy atom. The van der Waals surface area contributed by atoms with Crippen molar-refractivity contribution in [1.82, 2.24) is 4.98 Å². The molecule has 0 atom stereocenters. The van der Waals surface area contributed by atoms with Crippen LogP contribution in [0.1, 0.15) is 0 Å². The zero-order chi connectivity index (χ0) is 8.23. The number of nitrogens with zero attached hydrogens (tertiary/aromatic N) is 1. The highest BCUT2D eigenvalue weighted by Crippen LogP contribution is 2.12. The largest absolute Gasteiger partial charge is 0.256 e. The van der Waals surface area contributed by atoms with Crippen LogP contribution < -0.4 is 0 Å². The molecule has 4 radical (unpaired) electrons. The molecule has 0 aliphatic rings. The highest BCUT2D eigenvalue weighted by atomic mass is 14.7. The maximum Gasteiger partial charge on any atom is 0.0708 e. The Morgan fingerprint density at radius 1 is 1.17 bits per heavy atom. The van der Waals surface area contributed by atoms with Crippen molar-refractivity contribution in [3.05, 3.63) is 54.7 Å². The number of hydrogen-bond acceptors (Lipinski definition) is 1. The topological polar surface area (TPSA) is 12.9 Å². The summed E-state index contributed by atoms with van der Waals surface area (Å²) in [7, 11) is 0. The predicted molar refractivity (Wildman–Crippen MR) is 45.0 cm³/mol. The molecular formula is C11H5N. The van der Waals surface area contributed by atoms with Gasteiger partial charge < -0.3 is 0 Å². The van der Waals surface area contributed by atoms with Crippen molar-refractivity contribution in [3.63, 3.8) is 0 Å². The minimum atomic E-state index is 0.888. The molecule has 2 aromatic rings.